The number of carbonyl (C=O) groups is 2. The monoisotopic (exact) mass is 511 g/mol. The third-order valence-corrected chi connectivity index (χ3v) is 6.47. The van der Waals surface area contributed by atoms with Gasteiger partial charge < -0.3 is 21.9 Å². The fourth-order valence-corrected chi connectivity index (χ4v) is 4.73. The number of amides is 1. The maximum Gasteiger partial charge on any atom is 0.357 e. The van der Waals surface area contributed by atoms with Crippen molar-refractivity contribution in [1.29, 1.82) is 0 Å². The molecule has 0 aliphatic carbocycles. The van der Waals surface area contributed by atoms with Crippen LogP contribution in [0.25, 0.3) is 0 Å². The van der Waals surface area contributed by atoms with Gasteiger partial charge in [0.1, 0.15) is 29.8 Å². The Morgan fingerprint density at radius 1 is 1.32 bits per heavy atom. The van der Waals surface area contributed by atoms with Crippen LogP contribution in [0.15, 0.2) is 52.3 Å². The summed E-state index contributed by atoms with van der Waals surface area (Å²) in [5, 5.41) is 11.2. The highest BCUT2D eigenvalue weighted by Crippen LogP contribution is 2.25. The van der Waals surface area contributed by atoms with Crippen molar-refractivity contribution in [3.05, 3.63) is 53.9 Å². The second-order valence-corrected chi connectivity index (χ2v) is 9.30. The fourth-order valence-electron chi connectivity index (χ4n) is 2.73. The van der Waals surface area contributed by atoms with Crippen LogP contribution >= 0.6 is 11.3 Å². The van der Waals surface area contributed by atoms with Gasteiger partial charge in [0.2, 0.25) is 6.33 Å². The van der Waals surface area contributed by atoms with Crippen LogP contribution in [-0.2, 0) is 27.9 Å². The molecule has 1 amide bonds. The first kappa shape index (κ1) is 24.6. The average Bonchev–Trinajstić information content (AvgIpc) is 3.38. The number of hydrogen-bond acceptors (Lipinski definition) is 7. The zero-order chi connectivity index (χ0) is 24.9. The van der Waals surface area contributed by atoms with E-state index in [-0.39, 0.29) is 23.2 Å². The number of anilines is 2. The molecule has 2 heterocycles. The summed E-state index contributed by atoms with van der Waals surface area (Å²) in [6, 6.07) is 2.89. The number of guanidine groups is 1. The number of carboxylic acids is 1. The first-order chi connectivity index (χ1) is 16.0. The van der Waals surface area contributed by atoms with E-state index in [1.807, 2.05) is 0 Å². The second-order valence-electron chi connectivity index (χ2n) is 6.76. The predicted molar refractivity (Wildman–Crippen MR) is 120 cm³/mol. The summed E-state index contributed by atoms with van der Waals surface area (Å²) in [4.78, 5) is 30.4. The zero-order valence-electron chi connectivity index (χ0n) is 17.4. The number of benzene rings is 1. The van der Waals surface area contributed by atoms with Gasteiger partial charge in [-0.2, -0.15) is 0 Å². The second kappa shape index (κ2) is 10.3. The number of aromatic nitrogens is 3. The van der Waals surface area contributed by atoms with E-state index < -0.39 is 38.3 Å². The highest BCUT2D eigenvalue weighted by Gasteiger charge is 2.22. The molecule has 0 radical (unpaired) electrons. The van der Waals surface area contributed by atoms with Gasteiger partial charge in [-0.05, 0) is 18.2 Å². The number of aliphatic imine (C=N–C) groups is 1. The van der Waals surface area contributed by atoms with Gasteiger partial charge in [0.05, 0.1) is 22.6 Å². The van der Waals surface area contributed by atoms with E-state index in [1.165, 1.54) is 0 Å². The molecule has 0 atom stereocenters. The van der Waals surface area contributed by atoms with E-state index in [2.05, 4.69) is 20.0 Å². The van der Waals surface area contributed by atoms with Crippen LogP contribution in [0.3, 0.4) is 0 Å². The van der Waals surface area contributed by atoms with E-state index in [0.717, 1.165) is 29.0 Å². The van der Waals surface area contributed by atoms with Gasteiger partial charge in [-0.1, -0.05) is 0 Å². The highest BCUT2D eigenvalue weighted by atomic mass is 32.2. The maximum atomic E-state index is 14.5. The summed E-state index contributed by atoms with van der Waals surface area (Å²) < 4.78 is 44.9. The number of nitrogens with one attached hydrogen (secondary N) is 2. The van der Waals surface area contributed by atoms with E-state index in [0.29, 0.717) is 19.2 Å². The van der Waals surface area contributed by atoms with E-state index >= 15 is 0 Å². The number of nitrogens with zero attached hydrogens (tertiary/aromatic N) is 4. The number of halogens is 1. The van der Waals surface area contributed by atoms with Crippen LogP contribution in [0.2, 0.25) is 0 Å². The molecule has 2 aromatic heterocycles. The molecule has 16 heteroatoms. The lowest BCUT2D eigenvalue weighted by Crippen LogP contribution is -2.38. The van der Waals surface area contributed by atoms with Crippen LogP contribution in [0.5, 0.6) is 0 Å². The van der Waals surface area contributed by atoms with Crippen molar-refractivity contribution in [3.8, 4) is 0 Å². The molecule has 0 aliphatic heterocycles. The summed E-state index contributed by atoms with van der Waals surface area (Å²) >= 11 is 0.769. The molecule has 0 saturated carbocycles. The van der Waals surface area contributed by atoms with E-state index in [9.17, 15) is 22.4 Å². The quantitative estimate of drug-likeness (QED) is 0.140. The topological polar surface area (TPSA) is 199 Å². The molecule has 0 saturated heterocycles. The minimum absolute atomic E-state index is 0.0235. The number of aromatic carboxylic acids is 1. The van der Waals surface area contributed by atoms with Gasteiger partial charge >= 0.3 is 5.97 Å². The summed E-state index contributed by atoms with van der Waals surface area (Å²) in [5.41, 5.74) is 11.0. The summed E-state index contributed by atoms with van der Waals surface area (Å²) in [5.74, 6) is -2.97. The van der Waals surface area contributed by atoms with Gasteiger partial charge in [0.25, 0.3) is 15.9 Å². The van der Waals surface area contributed by atoms with Crippen molar-refractivity contribution in [2.24, 2.45) is 16.5 Å². The maximum absolute atomic E-state index is 14.5. The van der Waals surface area contributed by atoms with Crippen molar-refractivity contribution < 1.29 is 32.1 Å². The van der Waals surface area contributed by atoms with Gasteiger partial charge in [-0.25, -0.2) is 36.7 Å². The Hall–Kier alpha value is -4.05. The Kier molecular flexibility index (Phi) is 7.42. The van der Waals surface area contributed by atoms with Gasteiger partial charge in [-0.15, -0.1) is 11.3 Å². The SMILES string of the molecule is NC(N)=NCCn1cc[n+](CC(=O)Nc2ccc(S(=O)(=O)Nc3scnc3C(=O)O)cc2F)c1. The van der Waals surface area contributed by atoms with E-state index in [4.69, 9.17) is 16.6 Å². The number of imidazole rings is 1. The third-order valence-electron chi connectivity index (χ3n) is 4.25. The van der Waals surface area contributed by atoms with Crippen molar-refractivity contribution >= 4 is 49.9 Å². The highest BCUT2D eigenvalue weighted by molar-refractivity contribution is 7.93. The molecule has 1 aromatic carbocycles. The minimum Gasteiger partial charge on any atom is -0.476 e. The molecule has 0 spiro atoms. The van der Waals surface area contributed by atoms with Crippen molar-refractivity contribution in [2.75, 3.05) is 16.6 Å². The number of carbonyl (C=O) groups excluding carboxylic acids is 1. The Bertz CT molecular complexity index is 1350. The largest absolute Gasteiger partial charge is 0.476 e. The normalized spacial score (nSPS) is 11.1. The lowest BCUT2D eigenvalue weighted by Gasteiger charge is -2.09. The Morgan fingerprint density at radius 3 is 2.76 bits per heavy atom. The zero-order valence-corrected chi connectivity index (χ0v) is 19.0. The van der Waals surface area contributed by atoms with Crippen molar-refractivity contribution in [2.45, 2.75) is 18.0 Å². The van der Waals surface area contributed by atoms with E-state index in [1.54, 1.807) is 27.9 Å². The number of thiazole rings is 1. The third kappa shape index (κ3) is 6.26. The Morgan fingerprint density at radius 2 is 2.09 bits per heavy atom. The predicted octanol–water partition coefficient (Wildman–Crippen LogP) is -0.218. The van der Waals surface area contributed by atoms with Crippen molar-refractivity contribution in [3.63, 3.8) is 0 Å². The molecule has 3 aromatic rings. The smallest absolute Gasteiger partial charge is 0.357 e. The first-order valence-electron chi connectivity index (χ1n) is 9.44. The lowest BCUT2D eigenvalue weighted by molar-refractivity contribution is -0.683. The molecule has 34 heavy (non-hydrogen) atoms. The number of nitrogens with two attached hydrogens (primary N) is 2. The van der Waals surface area contributed by atoms with Crippen LogP contribution in [0, 0.1) is 5.82 Å². The summed E-state index contributed by atoms with van der Waals surface area (Å²) in [7, 11) is -4.29. The molecule has 180 valence electrons. The number of hydrogen-bond donors (Lipinski definition) is 5. The molecule has 3 rings (SSSR count). The lowest BCUT2D eigenvalue weighted by atomic mass is 10.3. The summed E-state index contributed by atoms with van der Waals surface area (Å²) in [6.45, 7) is 0.722. The number of sulfonamides is 1. The van der Waals surface area contributed by atoms with Gasteiger partial charge in [-0.3, -0.25) is 9.52 Å². The van der Waals surface area contributed by atoms with Gasteiger partial charge in [0.15, 0.2) is 18.2 Å². The minimum atomic E-state index is -4.29. The number of carboxylic acid groups (broad SMARTS) is 1. The first-order valence-corrected chi connectivity index (χ1v) is 11.8. The van der Waals surface area contributed by atoms with Crippen LogP contribution in [-0.4, -0.2) is 47.5 Å². The summed E-state index contributed by atoms with van der Waals surface area (Å²) in [6.07, 6.45) is 4.99. The molecular formula is C18H20FN8O5S2+. The molecule has 7 N–H and O–H groups in total. The molecule has 0 aliphatic rings. The molecule has 0 bridgehead atoms. The Labute approximate surface area is 196 Å². The standard InChI is InChI=1S/C18H19FN8O5S2/c19-12-7-11(34(31,32)25-16-15(17(29)30)23-9-33-16)1-2-13(12)24-14(28)8-27-6-5-26(10-27)4-3-22-18(20)21/h1-2,5-7,9-10,25H,3-4,8H2,(H5-,20,21,22,24,28,29,30)/p+1. The molecule has 13 nitrogen and oxygen atoms in total. The fraction of sp³-hybridized carbons (Fsp3) is 0.167. The van der Waals surface area contributed by atoms with Crippen molar-refractivity contribution in [1.82, 2.24) is 9.55 Å². The molecular weight excluding hydrogens is 491 g/mol. The molecule has 0 unspecified atom stereocenters. The van der Waals surface area contributed by atoms with Crippen LogP contribution < -0.4 is 26.1 Å². The van der Waals surface area contributed by atoms with Gasteiger partial charge in [0, 0.05) is 0 Å². The Balaban J connectivity index is 1.64. The van der Waals surface area contributed by atoms with Crippen LogP contribution in [0.1, 0.15) is 10.5 Å². The van der Waals surface area contributed by atoms with Crippen LogP contribution in [0.4, 0.5) is 15.1 Å². The molecule has 0 fully saturated rings. The number of rotatable bonds is 10. The average molecular weight is 512 g/mol.